The maximum atomic E-state index is 13.5. The topological polar surface area (TPSA) is 33.7 Å². The second kappa shape index (κ2) is 8.35. The van der Waals surface area contributed by atoms with E-state index in [0.717, 1.165) is 56.1 Å². The summed E-state index contributed by atoms with van der Waals surface area (Å²) in [6.07, 6.45) is 2.95. The van der Waals surface area contributed by atoms with Gasteiger partial charge in [0.2, 0.25) is 0 Å². The van der Waals surface area contributed by atoms with Crippen molar-refractivity contribution in [1.29, 1.82) is 0 Å². The van der Waals surface area contributed by atoms with Gasteiger partial charge < -0.3 is 19.7 Å². The highest BCUT2D eigenvalue weighted by Crippen LogP contribution is 2.36. The van der Waals surface area contributed by atoms with Crippen molar-refractivity contribution in [2.75, 3.05) is 38.3 Å². The van der Waals surface area contributed by atoms with Crippen molar-refractivity contribution in [3.8, 4) is 11.5 Å². The van der Waals surface area contributed by atoms with Crippen LogP contribution in [0.4, 0.5) is 14.5 Å². The van der Waals surface area contributed by atoms with Gasteiger partial charge in [0, 0.05) is 43.3 Å². The monoisotopic (exact) mass is 388 g/mol. The number of nitrogens with one attached hydrogen (secondary N) is 1. The molecule has 6 heteroatoms. The van der Waals surface area contributed by atoms with Crippen LogP contribution >= 0.6 is 0 Å². The third-order valence-corrected chi connectivity index (χ3v) is 5.71. The Kier molecular flexibility index (Phi) is 5.67. The summed E-state index contributed by atoms with van der Waals surface area (Å²) in [5.74, 6) is 0.527. The fourth-order valence-corrected chi connectivity index (χ4v) is 4.11. The Morgan fingerprint density at radius 3 is 2.71 bits per heavy atom. The van der Waals surface area contributed by atoms with E-state index in [9.17, 15) is 8.78 Å². The first-order chi connectivity index (χ1) is 13.6. The van der Waals surface area contributed by atoms with Crippen molar-refractivity contribution in [2.45, 2.75) is 25.3 Å². The first-order valence-corrected chi connectivity index (χ1v) is 9.86. The van der Waals surface area contributed by atoms with E-state index in [-0.39, 0.29) is 0 Å². The lowest BCUT2D eigenvalue weighted by Crippen LogP contribution is -2.45. The molecule has 0 aromatic heterocycles. The van der Waals surface area contributed by atoms with E-state index in [1.54, 1.807) is 13.2 Å². The number of benzene rings is 2. The molecule has 2 aliphatic rings. The normalized spacial score (nSPS) is 19.8. The quantitative estimate of drug-likeness (QED) is 0.845. The number of hydrogen-bond donors (Lipinski definition) is 1. The van der Waals surface area contributed by atoms with Crippen molar-refractivity contribution in [1.82, 2.24) is 5.32 Å². The van der Waals surface area contributed by atoms with Crippen molar-refractivity contribution in [2.24, 2.45) is 5.92 Å². The maximum Gasteiger partial charge on any atom is 0.164 e. The number of nitrogens with zero attached hydrogens (tertiary/aromatic N) is 1. The fourth-order valence-electron chi connectivity index (χ4n) is 4.11. The molecule has 0 bridgehead atoms. The molecule has 2 aromatic carbocycles. The van der Waals surface area contributed by atoms with Crippen LogP contribution in [0.5, 0.6) is 11.5 Å². The summed E-state index contributed by atoms with van der Waals surface area (Å²) in [6.45, 7) is 3.27. The van der Waals surface area contributed by atoms with Gasteiger partial charge in [-0.2, -0.15) is 0 Å². The third kappa shape index (κ3) is 4.07. The minimum atomic E-state index is -0.797. The number of halogens is 2. The average molecular weight is 388 g/mol. The molecule has 0 radical (unpaired) electrons. The van der Waals surface area contributed by atoms with E-state index < -0.39 is 11.6 Å². The summed E-state index contributed by atoms with van der Waals surface area (Å²) in [6, 6.07) is 10.6. The van der Waals surface area contributed by atoms with Crippen LogP contribution in [0.1, 0.15) is 18.4 Å². The second-order valence-corrected chi connectivity index (χ2v) is 7.60. The lowest BCUT2D eigenvalue weighted by Gasteiger charge is -2.35. The molecule has 28 heavy (non-hydrogen) atoms. The minimum Gasteiger partial charge on any atom is -0.493 e. The van der Waals surface area contributed by atoms with Gasteiger partial charge in [-0.3, -0.25) is 0 Å². The van der Waals surface area contributed by atoms with E-state index in [2.05, 4.69) is 16.3 Å². The summed E-state index contributed by atoms with van der Waals surface area (Å²) < 4.78 is 37.9. The Hall–Kier alpha value is -2.34. The van der Waals surface area contributed by atoms with E-state index in [1.807, 2.05) is 12.1 Å². The lowest BCUT2D eigenvalue weighted by atomic mass is 9.95. The molecule has 1 atom stereocenters. The molecule has 1 N–H and O–H groups in total. The Bertz CT molecular complexity index is 822. The van der Waals surface area contributed by atoms with Gasteiger partial charge in [0.25, 0.3) is 0 Å². The summed E-state index contributed by atoms with van der Waals surface area (Å²) in [4.78, 5) is 2.12. The highest BCUT2D eigenvalue weighted by Gasteiger charge is 2.25. The molecule has 1 saturated heterocycles. The Labute approximate surface area is 164 Å². The van der Waals surface area contributed by atoms with Gasteiger partial charge in [0.15, 0.2) is 23.1 Å². The van der Waals surface area contributed by atoms with Gasteiger partial charge in [0.1, 0.15) is 0 Å². The van der Waals surface area contributed by atoms with E-state index in [0.29, 0.717) is 18.6 Å². The lowest BCUT2D eigenvalue weighted by molar-refractivity contribution is 0.203. The SMILES string of the molecule is COc1cccc2c1OC[C@@H](CNC1CCN(c3ccc(F)c(F)c3)CC1)C2. The standard InChI is InChI=1S/C22H26F2N2O2/c1-27-21-4-2-3-16-11-15(14-28-22(16)21)13-25-17-7-9-26(10-8-17)18-5-6-19(23)20(24)12-18/h2-6,12,15,17,25H,7-11,13-14H2,1H3/t15-/m1/s1. The molecule has 150 valence electrons. The van der Waals surface area contributed by atoms with Gasteiger partial charge in [-0.1, -0.05) is 12.1 Å². The average Bonchev–Trinajstić information content (AvgIpc) is 2.74. The number of fused-ring (bicyclic) bond motifs is 1. The Balaban J connectivity index is 1.26. The van der Waals surface area contributed by atoms with Crippen LogP contribution in [0.2, 0.25) is 0 Å². The zero-order valence-electron chi connectivity index (χ0n) is 16.1. The number of piperidine rings is 1. The molecule has 2 aliphatic heterocycles. The summed E-state index contributed by atoms with van der Waals surface area (Å²) in [5, 5.41) is 3.67. The summed E-state index contributed by atoms with van der Waals surface area (Å²) in [5.41, 5.74) is 1.95. The van der Waals surface area contributed by atoms with E-state index >= 15 is 0 Å². The first kappa shape index (κ1) is 19.0. The smallest absolute Gasteiger partial charge is 0.164 e. The molecular weight excluding hydrogens is 362 g/mol. The van der Waals surface area contributed by atoms with E-state index in [4.69, 9.17) is 9.47 Å². The van der Waals surface area contributed by atoms with Gasteiger partial charge >= 0.3 is 0 Å². The van der Waals surface area contributed by atoms with Gasteiger partial charge in [-0.25, -0.2) is 8.78 Å². The molecule has 0 aliphatic carbocycles. The molecule has 0 unspecified atom stereocenters. The molecule has 0 amide bonds. The fraction of sp³-hybridized carbons (Fsp3) is 0.455. The summed E-state index contributed by atoms with van der Waals surface area (Å²) in [7, 11) is 1.67. The van der Waals surface area contributed by atoms with Crippen molar-refractivity contribution < 1.29 is 18.3 Å². The van der Waals surface area contributed by atoms with Gasteiger partial charge in [0.05, 0.1) is 13.7 Å². The zero-order valence-corrected chi connectivity index (χ0v) is 16.1. The predicted octanol–water partition coefficient (Wildman–Crippen LogP) is 3.78. The van der Waals surface area contributed by atoms with Crippen LogP contribution in [0.25, 0.3) is 0 Å². The number of hydrogen-bond acceptors (Lipinski definition) is 4. The second-order valence-electron chi connectivity index (χ2n) is 7.60. The molecule has 2 heterocycles. The highest BCUT2D eigenvalue weighted by atomic mass is 19.2. The van der Waals surface area contributed by atoms with Crippen LogP contribution in [-0.2, 0) is 6.42 Å². The first-order valence-electron chi connectivity index (χ1n) is 9.86. The number of methoxy groups -OCH3 is 1. The van der Waals surface area contributed by atoms with Gasteiger partial charge in [-0.05, 0) is 43.0 Å². The number of ether oxygens (including phenoxy) is 2. The number of para-hydroxylation sites is 1. The van der Waals surface area contributed by atoms with Crippen LogP contribution in [-0.4, -0.2) is 39.4 Å². The number of anilines is 1. The molecule has 1 fully saturated rings. The van der Waals surface area contributed by atoms with Crippen LogP contribution in [0.3, 0.4) is 0 Å². The molecular formula is C22H26F2N2O2. The zero-order chi connectivity index (χ0) is 19.5. The predicted molar refractivity (Wildman–Crippen MR) is 105 cm³/mol. The number of rotatable bonds is 5. The molecule has 4 nitrogen and oxygen atoms in total. The summed E-state index contributed by atoms with van der Waals surface area (Å²) >= 11 is 0. The van der Waals surface area contributed by atoms with Crippen molar-refractivity contribution in [3.63, 3.8) is 0 Å². The molecule has 0 spiro atoms. The minimum absolute atomic E-state index is 0.434. The molecule has 4 rings (SSSR count). The largest absolute Gasteiger partial charge is 0.493 e. The Morgan fingerprint density at radius 2 is 1.96 bits per heavy atom. The third-order valence-electron chi connectivity index (χ3n) is 5.71. The van der Waals surface area contributed by atoms with Crippen LogP contribution in [0.15, 0.2) is 36.4 Å². The van der Waals surface area contributed by atoms with Crippen molar-refractivity contribution >= 4 is 5.69 Å². The van der Waals surface area contributed by atoms with Crippen LogP contribution in [0, 0.1) is 17.6 Å². The highest BCUT2D eigenvalue weighted by molar-refractivity contribution is 5.48. The van der Waals surface area contributed by atoms with Gasteiger partial charge in [-0.15, -0.1) is 0 Å². The Morgan fingerprint density at radius 1 is 1.14 bits per heavy atom. The van der Waals surface area contributed by atoms with Crippen LogP contribution < -0.4 is 19.7 Å². The van der Waals surface area contributed by atoms with E-state index in [1.165, 1.54) is 17.7 Å². The maximum absolute atomic E-state index is 13.5. The van der Waals surface area contributed by atoms with Crippen molar-refractivity contribution in [3.05, 3.63) is 53.6 Å². The molecule has 2 aromatic rings. The molecule has 0 saturated carbocycles.